The molecule has 21 heavy (non-hydrogen) atoms. The Bertz CT molecular complexity index is 681. The van der Waals surface area contributed by atoms with Crippen LogP contribution in [0.2, 0.25) is 0 Å². The molecular weight excluding hydrogens is 264 g/mol. The number of nitrogens with zero attached hydrogens (tertiary/aromatic N) is 2. The number of para-hydroxylation sites is 1. The van der Waals surface area contributed by atoms with E-state index < -0.39 is 0 Å². The van der Waals surface area contributed by atoms with Crippen LogP contribution in [0.3, 0.4) is 0 Å². The number of H-pyrrole nitrogens is 1. The lowest BCUT2D eigenvalue weighted by Gasteiger charge is -2.35. The van der Waals surface area contributed by atoms with E-state index in [2.05, 4.69) is 34.2 Å². The van der Waals surface area contributed by atoms with Gasteiger partial charge in [0.15, 0.2) is 0 Å². The summed E-state index contributed by atoms with van der Waals surface area (Å²) < 4.78 is 0. The second kappa shape index (κ2) is 5.95. The first kappa shape index (κ1) is 14.2. The number of piperidine rings is 1. The Kier molecular flexibility index (Phi) is 4.03. The van der Waals surface area contributed by atoms with Crippen LogP contribution in [0.25, 0.3) is 10.9 Å². The van der Waals surface area contributed by atoms with Gasteiger partial charge in [-0.1, -0.05) is 12.1 Å². The molecule has 3 rings (SSSR count). The molecule has 0 saturated carbocycles. The number of hydrogen-bond donors (Lipinski definition) is 2. The smallest absolute Gasteiger partial charge is 0.258 e. The maximum Gasteiger partial charge on any atom is 0.258 e. The van der Waals surface area contributed by atoms with E-state index >= 15 is 0 Å². The first-order chi connectivity index (χ1) is 10.1. The van der Waals surface area contributed by atoms with Crippen LogP contribution in [0.5, 0.6) is 0 Å². The lowest BCUT2D eigenvalue weighted by Crippen LogP contribution is -2.45. The molecule has 0 bridgehead atoms. The number of aromatic nitrogens is 2. The van der Waals surface area contributed by atoms with Crippen molar-refractivity contribution in [1.29, 1.82) is 0 Å². The van der Waals surface area contributed by atoms with Gasteiger partial charge in [-0.25, -0.2) is 4.98 Å². The van der Waals surface area contributed by atoms with Crippen molar-refractivity contribution in [3.8, 4) is 0 Å². The molecule has 2 aromatic rings. The molecule has 2 unspecified atom stereocenters. The molecule has 0 radical (unpaired) electrons. The molecule has 1 aliphatic heterocycles. The standard InChI is InChI=1S/C16H22N4O/c1-11-9-12(7-8-20(11)2)17-10-15-18-14-6-4-3-5-13(14)16(21)19-15/h3-6,11-12,17H,7-10H2,1-2H3,(H,18,19,21). The molecule has 2 heterocycles. The van der Waals surface area contributed by atoms with E-state index in [9.17, 15) is 4.79 Å². The minimum atomic E-state index is -0.0610. The number of likely N-dealkylation sites (tertiary alicyclic amines) is 1. The van der Waals surface area contributed by atoms with Crippen LogP contribution in [0.4, 0.5) is 0 Å². The largest absolute Gasteiger partial charge is 0.309 e. The molecule has 2 N–H and O–H groups in total. The van der Waals surface area contributed by atoms with Gasteiger partial charge < -0.3 is 15.2 Å². The van der Waals surface area contributed by atoms with Crippen molar-refractivity contribution >= 4 is 10.9 Å². The summed E-state index contributed by atoms with van der Waals surface area (Å²) in [4.78, 5) is 21.8. The molecule has 112 valence electrons. The summed E-state index contributed by atoms with van der Waals surface area (Å²) >= 11 is 0. The lowest BCUT2D eigenvalue weighted by atomic mass is 9.99. The average Bonchev–Trinajstić information content (AvgIpc) is 2.49. The first-order valence-corrected chi connectivity index (χ1v) is 7.55. The average molecular weight is 286 g/mol. The van der Waals surface area contributed by atoms with Crippen molar-refractivity contribution in [2.45, 2.75) is 38.4 Å². The van der Waals surface area contributed by atoms with Crippen molar-refractivity contribution in [1.82, 2.24) is 20.2 Å². The van der Waals surface area contributed by atoms with Crippen molar-refractivity contribution < 1.29 is 0 Å². The van der Waals surface area contributed by atoms with E-state index in [0.717, 1.165) is 24.9 Å². The van der Waals surface area contributed by atoms with Crippen molar-refractivity contribution in [2.75, 3.05) is 13.6 Å². The van der Waals surface area contributed by atoms with Gasteiger partial charge >= 0.3 is 0 Å². The molecule has 1 fully saturated rings. The summed E-state index contributed by atoms with van der Waals surface area (Å²) in [6.07, 6.45) is 2.27. The second-order valence-corrected chi connectivity index (χ2v) is 5.96. The van der Waals surface area contributed by atoms with Gasteiger partial charge in [-0.3, -0.25) is 4.79 Å². The van der Waals surface area contributed by atoms with E-state index in [1.54, 1.807) is 6.07 Å². The van der Waals surface area contributed by atoms with Crippen LogP contribution in [0.15, 0.2) is 29.1 Å². The Balaban J connectivity index is 1.70. The monoisotopic (exact) mass is 286 g/mol. The highest BCUT2D eigenvalue weighted by molar-refractivity contribution is 5.77. The summed E-state index contributed by atoms with van der Waals surface area (Å²) in [6, 6.07) is 8.54. The molecule has 2 atom stereocenters. The molecular formula is C16H22N4O. The minimum absolute atomic E-state index is 0.0610. The lowest BCUT2D eigenvalue weighted by molar-refractivity contribution is 0.167. The van der Waals surface area contributed by atoms with Gasteiger partial charge in [-0.15, -0.1) is 0 Å². The van der Waals surface area contributed by atoms with E-state index in [-0.39, 0.29) is 5.56 Å². The summed E-state index contributed by atoms with van der Waals surface area (Å²) in [5.41, 5.74) is 0.698. The third kappa shape index (κ3) is 3.14. The van der Waals surface area contributed by atoms with Crippen LogP contribution in [0.1, 0.15) is 25.6 Å². The van der Waals surface area contributed by atoms with Gasteiger partial charge in [-0.2, -0.15) is 0 Å². The molecule has 5 heteroatoms. The second-order valence-electron chi connectivity index (χ2n) is 5.96. The Hall–Kier alpha value is -1.72. The van der Waals surface area contributed by atoms with E-state index in [1.807, 2.05) is 18.2 Å². The maximum absolute atomic E-state index is 12.0. The Morgan fingerprint density at radius 3 is 3.05 bits per heavy atom. The fourth-order valence-corrected chi connectivity index (χ4v) is 2.93. The fraction of sp³-hybridized carbons (Fsp3) is 0.500. The number of rotatable bonds is 3. The fourth-order valence-electron chi connectivity index (χ4n) is 2.93. The van der Waals surface area contributed by atoms with E-state index in [1.165, 1.54) is 0 Å². The van der Waals surface area contributed by atoms with Crippen LogP contribution in [0, 0.1) is 0 Å². The number of benzene rings is 1. The van der Waals surface area contributed by atoms with Crippen LogP contribution in [-0.4, -0.2) is 40.5 Å². The normalized spacial score (nSPS) is 23.5. The van der Waals surface area contributed by atoms with Crippen LogP contribution < -0.4 is 10.9 Å². The zero-order valence-corrected chi connectivity index (χ0v) is 12.6. The predicted molar refractivity (Wildman–Crippen MR) is 84.3 cm³/mol. The highest BCUT2D eigenvalue weighted by atomic mass is 16.1. The van der Waals surface area contributed by atoms with Gasteiger partial charge in [0.2, 0.25) is 0 Å². The van der Waals surface area contributed by atoms with Gasteiger partial charge in [0, 0.05) is 12.1 Å². The Morgan fingerprint density at radius 2 is 2.24 bits per heavy atom. The van der Waals surface area contributed by atoms with Crippen LogP contribution >= 0.6 is 0 Å². The maximum atomic E-state index is 12.0. The zero-order chi connectivity index (χ0) is 14.8. The quantitative estimate of drug-likeness (QED) is 0.897. The third-order valence-corrected chi connectivity index (χ3v) is 4.43. The predicted octanol–water partition coefficient (Wildman–Crippen LogP) is 1.50. The molecule has 0 amide bonds. The van der Waals surface area contributed by atoms with Gasteiger partial charge in [0.05, 0.1) is 17.4 Å². The van der Waals surface area contributed by atoms with Crippen molar-refractivity contribution in [2.24, 2.45) is 0 Å². The topological polar surface area (TPSA) is 61.0 Å². The highest BCUT2D eigenvalue weighted by Gasteiger charge is 2.22. The summed E-state index contributed by atoms with van der Waals surface area (Å²) in [5.74, 6) is 0.713. The summed E-state index contributed by atoms with van der Waals surface area (Å²) in [5, 5.41) is 4.17. The number of hydrogen-bond acceptors (Lipinski definition) is 4. The van der Waals surface area contributed by atoms with Crippen molar-refractivity contribution in [3.63, 3.8) is 0 Å². The Morgan fingerprint density at radius 1 is 1.43 bits per heavy atom. The number of nitrogens with one attached hydrogen (secondary N) is 2. The Labute approximate surface area is 124 Å². The molecule has 0 spiro atoms. The highest BCUT2D eigenvalue weighted by Crippen LogP contribution is 2.15. The molecule has 0 aliphatic carbocycles. The van der Waals surface area contributed by atoms with E-state index in [4.69, 9.17) is 0 Å². The summed E-state index contributed by atoms with van der Waals surface area (Å²) in [6.45, 7) is 3.98. The molecule has 1 aliphatic rings. The molecule has 1 aromatic heterocycles. The third-order valence-electron chi connectivity index (χ3n) is 4.43. The molecule has 1 aromatic carbocycles. The number of fused-ring (bicyclic) bond motifs is 1. The van der Waals surface area contributed by atoms with Crippen molar-refractivity contribution in [3.05, 3.63) is 40.4 Å². The molecule has 5 nitrogen and oxygen atoms in total. The van der Waals surface area contributed by atoms with Gasteiger partial charge in [-0.05, 0) is 45.5 Å². The van der Waals surface area contributed by atoms with Gasteiger partial charge in [0.1, 0.15) is 5.82 Å². The van der Waals surface area contributed by atoms with Gasteiger partial charge in [0.25, 0.3) is 5.56 Å². The SMILES string of the molecule is CC1CC(NCc2nc3ccccc3c(=O)[nH]2)CCN1C. The summed E-state index contributed by atoms with van der Waals surface area (Å²) in [7, 11) is 2.17. The number of aromatic amines is 1. The zero-order valence-electron chi connectivity index (χ0n) is 12.6. The van der Waals surface area contributed by atoms with Crippen LogP contribution in [-0.2, 0) is 6.54 Å². The van der Waals surface area contributed by atoms with E-state index in [0.29, 0.717) is 29.8 Å². The minimum Gasteiger partial charge on any atom is -0.309 e. The first-order valence-electron chi connectivity index (χ1n) is 7.55. The molecule has 1 saturated heterocycles.